The molecule has 0 aliphatic heterocycles. The molecule has 2 atom stereocenters. The van der Waals surface area contributed by atoms with Crippen LogP contribution in [0.25, 0.3) is 0 Å². The molecule has 2 aromatic rings. The third-order valence-corrected chi connectivity index (χ3v) is 4.01. The van der Waals surface area contributed by atoms with E-state index >= 15 is 0 Å². The lowest BCUT2D eigenvalue weighted by molar-refractivity contribution is 0.262. The molecule has 3 N–H and O–H groups in total. The summed E-state index contributed by atoms with van der Waals surface area (Å²) in [6, 6.07) is 3.32. The van der Waals surface area contributed by atoms with Crippen molar-refractivity contribution in [3.05, 3.63) is 24.0 Å². The highest BCUT2D eigenvalue weighted by atomic mass is 16.2. The Labute approximate surface area is 135 Å². The molecule has 0 aromatic carbocycles. The van der Waals surface area contributed by atoms with E-state index in [2.05, 4.69) is 37.8 Å². The largest absolute Gasteiger partial charge is 0.326 e. The van der Waals surface area contributed by atoms with E-state index in [0.717, 1.165) is 18.8 Å². The van der Waals surface area contributed by atoms with Crippen molar-refractivity contribution in [3.8, 4) is 0 Å². The van der Waals surface area contributed by atoms with Gasteiger partial charge in [0.05, 0.1) is 6.54 Å². The normalized spacial score (nSPS) is 19.8. The molecular weight excluding hydrogens is 294 g/mol. The Morgan fingerprint density at radius 2 is 2.17 bits per heavy atom. The molecule has 8 nitrogen and oxygen atoms in total. The van der Waals surface area contributed by atoms with E-state index in [1.165, 1.54) is 6.42 Å². The van der Waals surface area contributed by atoms with Gasteiger partial charge < -0.3 is 4.90 Å². The Bertz CT molecular complexity index is 675. The lowest BCUT2D eigenvalue weighted by Gasteiger charge is -2.08. The fourth-order valence-corrected chi connectivity index (χ4v) is 2.47. The topological polar surface area (TPSA) is 90.9 Å². The number of nitrogens with one attached hydrogen (secondary N) is 3. The van der Waals surface area contributed by atoms with Gasteiger partial charge in [-0.1, -0.05) is 6.92 Å². The van der Waals surface area contributed by atoms with Crippen molar-refractivity contribution in [2.75, 3.05) is 31.3 Å². The Hall–Kier alpha value is -2.35. The second-order valence-electron chi connectivity index (χ2n) is 6.37. The molecule has 1 aliphatic carbocycles. The molecule has 23 heavy (non-hydrogen) atoms. The first-order valence-corrected chi connectivity index (χ1v) is 7.83. The summed E-state index contributed by atoms with van der Waals surface area (Å²) in [5.41, 5.74) is 1.08. The molecule has 2 aromatic heterocycles. The predicted molar refractivity (Wildman–Crippen MR) is 88.5 cm³/mol. The summed E-state index contributed by atoms with van der Waals surface area (Å²) >= 11 is 0. The predicted octanol–water partition coefficient (Wildman–Crippen LogP) is 1.94. The average Bonchev–Trinajstić information content (AvgIpc) is 2.90. The highest BCUT2D eigenvalue weighted by Crippen LogP contribution is 2.46. The fraction of sp³-hybridized carbons (Fsp3) is 0.533. The van der Waals surface area contributed by atoms with Crippen molar-refractivity contribution >= 4 is 17.7 Å². The molecule has 0 saturated heterocycles. The molecule has 124 valence electrons. The van der Waals surface area contributed by atoms with Gasteiger partial charge >= 0.3 is 6.03 Å². The van der Waals surface area contributed by atoms with Crippen molar-refractivity contribution in [1.82, 2.24) is 24.9 Å². The van der Waals surface area contributed by atoms with Crippen LogP contribution in [0, 0.1) is 5.92 Å². The first-order chi connectivity index (χ1) is 11.0. The van der Waals surface area contributed by atoms with Crippen molar-refractivity contribution < 1.29 is 4.79 Å². The van der Waals surface area contributed by atoms with Crippen LogP contribution in [-0.4, -0.2) is 51.5 Å². The van der Waals surface area contributed by atoms with E-state index in [0.29, 0.717) is 23.5 Å². The molecule has 1 fully saturated rings. The van der Waals surface area contributed by atoms with Gasteiger partial charge in [-0.05, 0) is 26.4 Å². The number of carbonyl (C=O) groups excluding carboxylic acids is 1. The van der Waals surface area contributed by atoms with Crippen molar-refractivity contribution in [3.63, 3.8) is 0 Å². The first kappa shape index (κ1) is 15.5. The molecule has 0 unspecified atom stereocenters. The van der Waals surface area contributed by atoms with Gasteiger partial charge in [-0.15, -0.1) is 0 Å². The van der Waals surface area contributed by atoms with Crippen LogP contribution in [0.4, 0.5) is 16.4 Å². The number of urea groups is 1. The maximum atomic E-state index is 12.0. The van der Waals surface area contributed by atoms with Crippen LogP contribution in [0.2, 0.25) is 0 Å². The van der Waals surface area contributed by atoms with Gasteiger partial charge in [-0.25, -0.2) is 4.79 Å². The minimum Gasteiger partial charge on any atom is -0.308 e. The highest BCUT2D eigenvalue weighted by Gasteiger charge is 2.35. The Morgan fingerprint density at radius 1 is 1.43 bits per heavy atom. The van der Waals surface area contributed by atoms with Crippen LogP contribution in [0.15, 0.2) is 18.3 Å². The zero-order valence-electron chi connectivity index (χ0n) is 13.7. The third-order valence-electron chi connectivity index (χ3n) is 4.01. The minimum absolute atomic E-state index is 0.343. The lowest BCUT2D eigenvalue weighted by Crippen LogP contribution is -2.21. The second-order valence-corrected chi connectivity index (χ2v) is 6.37. The number of anilines is 2. The average molecular weight is 317 g/mol. The van der Waals surface area contributed by atoms with Gasteiger partial charge in [0, 0.05) is 36.5 Å². The maximum Gasteiger partial charge on any atom is 0.326 e. The van der Waals surface area contributed by atoms with Crippen molar-refractivity contribution in [1.29, 1.82) is 0 Å². The summed E-state index contributed by atoms with van der Waals surface area (Å²) in [6.45, 7) is 3.87. The van der Waals surface area contributed by atoms with E-state index in [1.54, 1.807) is 10.7 Å². The molecule has 0 radical (unpaired) electrons. The van der Waals surface area contributed by atoms with E-state index in [1.807, 2.05) is 26.4 Å². The van der Waals surface area contributed by atoms with Crippen LogP contribution in [-0.2, 0) is 6.54 Å². The zero-order valence-corrected chi connectivity index (χ0v) is 13.7. The Kier molecular flexibility index (Phi) is 4.33. The van der Waals surface area contributed by atoms with E-state index in [9.17, 15) is 4.79 Å². The molecule has 0 bridgehead atoms. The Morgan fingerprint density at radius 3 is 2.87 bits per heavy atom. The molecule has 2 amide bonds. The highest BCUT2D eigenvalue weighted by molar-refractivity contribution is 5.98. The monoisotopic (exact) mass is 317 g/mol. The lowest BCUT2D eigenvalue weighted by atomic mass is 10.2. The SMILES string of the molecule is C[C@@H]1C[C@H]1c1cc(NC(=O)Nc2ccn(CCN(C)C)n2)n[nH]1. The Balaban J connectivity index is 1.50. The van der Waals surface area contributed by atoms with E-state index < -0.39 is 0 Å². The van der Waals surface area contributed by atoms with Crippen LogP contribution in [0.1, 0.15) is 25.0 Å². The van der Waals surface area contributed by atoms with Crippen LogP contribution in [0.3, 0.4) is 0 Å². The zero-order chi connectivity index (χ0) is 16.4. The fourth-order valence-electron chi connectivity index (χ4n) is 2.47. The van der Waals surface area contributed by atoms with Gasteiger partial charge in [0.1, 0.15) is 0 Å². The molecule has 1 saturated carbocycles. The molecule has 8 heteroatoms. The number of hydrogen-bond acceptors (Lipinski definition) is 4. The second kappa shape index (κ2) is 6.41. The standard InChI is InChI=1S/C15H23N7O/c1-10-8-11(10)12-9-14(19-18-12)17-15(23)16-13-4-5-22(20-13)7-6-21(2)3/h4-5,9-11H,6-8H2,1-3H3,(H3,16,17,18,19,20,23)/t10-,11-/m1/s1. The summed E-state index contributed by atoms with van der Waals surface area (Å²) in [5, 5.41) is 16.8. The van der Waals surface area contributed by atoms with Gasteiger partial charge in [-0.2, -0.15) is 10.2 Å². The molecular formula is C15H23N7O. The number of aromatic nitrogens is 4. The van der Waals surface area contributed by atoms with Gasteiger partial charge in [0.2, 0.25) is 0 Å². The number of hydrogen-bond donors (Lipinski definition) is 3. The summed E-state index contributed by atoms with van der Waals surface area (Å²) in [4.78, 5) is 14.1. The van der Waals surface area contributed by atoms with Crippen molar-refractivity contribution in [2.24, 2.45) is 5.92 Å². The molecule has 1 aliphatic rings. The quantitative estimate of drug-likeness (QED) is 0.759. The minimum atomic E-state index is -0.343. The van der Waals surface area contributed by atoms with Gasteiger partial charge in [0.15, 0.2) is 11.6 Å². The molecule has 0 spiro atoms. The third kappa shape index (κ3) is 4.10. The van der Waals surface area contributed by atoms with E-state index in [-0.39, 0.29) is 6.03 Å². The number of likely N-dealkylation sites (N-methyl/N-ethyl adjacent to an activating group) is 1. The smallest absolute Gasteiger partial charge is 0.308 e. The number of amides is 2. The van der Waals surface area contributed by atoms with Gasteiger partial charge in [0.25, 0.3) is 0 Å². The molecule has 2 heterocycles. The van der Waals surface area contributed by atoms with Crippen LogP contribution < -0.4 is 10.6 Å². The number of carbonyl (C=O) groups is 1. The summed E-state index contributed by atoms with van der Waals surface area (Å²) < 4.78 is 1.80. The van der Waals surface area contributed by atoms with Crippen LogP contribution >= 0.6 is 0 Å². The summed E-state index contributed by atoms with van der Waals surface area (Å²) in [7, 11) is 4.02. The summed E-state index contributed by atoms with van der Waals surface area (Å²) in [5.74, 6) is 2.30. The number of rotatable bonds is 6. The first-order valence-electron chi connectivity index (χ1n) is 7.83. The van der Waals surface area contributed by atoms with E-state index in [4.69, 9.17) is 0 Å². The number of nitrogens with zero attached hydrogens (tertiary/aromatic N) is 4. The maximum absolute atomic E-state index is 12.0. The molecule has 3 rings (SSSR count). The van der Waals surface area contributed by atoms with Crippen LogP contribution in [0.5, 0.6) is 0 Å². The summed E-state index contributed by atoms with van der Waals surface area (Å²) in [6.07, 6.45) is 3.03. The number of aromatic amines is 1. The van der Waals surface area contributed by atoms with Crippen molar-refractivity contribution in [2.45, 2.75) is 25.8 Å². The van der Waals surface area contributed by atoms with Gasteiger partial charge in [-0.3, -0.25) is 20.4 Å². The number of H-pyrrole nitrogens is 1.